The highest BCUT2D eigenvalue weighted by molar-refractivity contribution is 5.87. The van der Waals surface area contributed by atoms with E-state index in [0.717, 1.165) is 51.4 Å². The van der Waals surface area contributed by atoms with Crippen LogP contribution in [-0.2, 0) is 9.59 Å². The second-order valence-electron chi connectivity index (χ2n) is 10.2. The van der Waals surface area contributed by atoms with Gasteiger partial charge in [0.25, 0.3) is 0 Å². The van der Waals surface area contributed by atoms with Gasteiger partial charge < -0.3 is 10.2 Å². The van der Waals surface area contributed by atoms with Gasteiger partial charge in [-0.05, 0) is 80.5 Å². The van der Waals surface area contributed by atoms with Crippen LogP contribution in [0.25, 0.3) is 0 Å². The molecule has 0 saturated heterocycles. The first-order valence-corrected chi connectivity index (χ1v) is 10.9. The molecule has 150 valence electrons. The Balaban J connectivity index is 1.54. The molecule has 0 radical (unpaired) electrons. The van der Waals surface area contributed by atoms with Gasteiger partial charge in [0.05, 0.1) is 6.10 Å². The molecule has 4 nitrogen and oxygen atoms in total. The van der Waals surface area contributed by atoms with E-state index in [4.69, 9.17) is 5.11 Å². The molecule has 27 heavy (non-hydrogen) atoms. The number of carbonyl (C=O) groups excluding carboxylic acids is 1. The van der Waals surface area contributed by atoms with E-state index in [0.29, 0.717) is 30.0 Å². The van der Waals surface area contributed by atoms with Crippen LogP contribution in [0, 0.1) is 34.5 Å². The third kappa shape index (κ3) is 2.99. The van der Waals surface area contributed by atoms with Crippen LogP contribution in [0.5, 0.6) is 0 Å². The van der Waals surface area contributed by atoms with Crippen LogP contribution in [0.4, 0.5) is 0 Å². The van der Waals surface area contributed by atoms with Gasteiger partial charge in [0.1, 0.15) is 5.78 Å². The Labute approximate surface area is 162 Å². The summed E-state index contributed by atoms with van der Waals surface area (Å²) in [5.41, 5.74) is 1.35. The minimum Gasteiger partial charge on any atom is -0.481 e. The zero-order valence-electron chi connectivity index (χ0n) is 16.7. The highest BCUT2D eigenvalue weighted by atomic mass is 16.4. The third-order valence-electron chi connectivity index (χ3n) is 9.08. The number of Topliss-reactive ketones (excluding diaryl/α,β-unsaturated/α-hetero) is 1. The Bertz CT molecular complexity index is 667. The number of ketones is 1. The first-order chi connectivity index (χ1) is 12.8. The molecular formula is C23H34O4. The average Bonchev–Trinajstić information content (AvgIpc) is 2.91. The van der Waals surface area contributed by atoms with Crippen LogP contribution >= 0.6 is 0 Å². The maximum absolute atomic E-state index is 12.5. The molecule has 4 saturated carbocycles. The normalized spacial score (nSPS) is 48.0. The Kier molecular flexibility index (Phi) is 4.77. The second kappa shape index (κ2) is 6.72. The van der Waals surface area contributed by atoms with Crippen molar-refractivity contribution in [3.05, 3.63) is 11.6 Å². The summed E-state index contributed by atoms with van der Waals surface area (Å²) in [4.78, 5) is 23.3. The second-order valence-corrected chi connectivity index (χ2v) is 10.2. The Hall–Kier alpha value is -1.16. The lowest BCUT2D eigenvalue weighted by Crippen LogP contribution is -2.57. The van der Waals surface area contributed by atoms with E-state index in [9.17, 15) is 14.7 Å². The molecule has 0 aromatic heterocycles. The van der Waals surface area contributed by atoms with Crippen LogP contribution in [0.2, 0.25) is 0 Å². The number of rotatable bonds is 3. The molecule has 0 aromatic rings. The minimum absolute atomic E-state index is 0.138. The van der Waals surface area contributed by atoms with E-state index in [-0.39, 0.29) is 29.3 Å². The topological polar surface area (TPSA) is 74.6 Å². The quantitative estimate of drug-likeness (QED) is 0.720. The molecule has 4 rings (SSSR count). The third-order valence-corrected chi connectivity index (χ3v) is 9.08. The number of fused-ring (bicyclic) bond motifs is 5. The van der Waals surface area contributed by atoms with Gasteiger partial charge in [-0.1, -0.05) is 25.5 Å². The number of hydrogen-bond donors (Lipinski definition) is 2. The standard InChI is InChI=1S/C23H34O4/c1-22-10-8-14(4-3-5-21(26)27)12-18(22)19(24)13-15-16-6-7-20(25)23(16,2)11-9-17(15)22/h4,15-19,24H,3,5-13H2,1-2H3,(H,26,27)/b14-4+/t15?,16?,17?,18?,19-,22-,23+/m1/s1. The summed E-state index contributed by atoms with van der Waals surface area (Å²) in [7, 11) is 0. The molecule has 4 unspecified atom stereocenters. The molecule has 0 bridgehead atoms. The predicted octanol–water partition coefficient (Wildman–Crippen LogP) is 4.36. The number of aliphatic carboxylic acids is 1. The molecule has 0 spiro atoms. The summed E-state index contributed by atoms with van der Waals surface area (Å²) in [6, 6.07) is 0. The first kappa shape index (κ1) is 19.2. The molecular weight excluding hydrogens is 340 g/mol. The van der Waals surface area contributed by atoms with Gasteiger partial charge in [0.2, 0.25) is 0 Å². The fraction of sp³-hybridized carbons (Fsp3) is 0.826. The van der Waals surface area contributed by atoms with E-state index in [2.05, 4.69) is 19.9 Å². The molecule has 4 aliphatic rings. The minimum atomic E-state index is -0.746. The van der Waals surface area contributed by atoms with Crippen LogP contribution in [0.15, 0.2) is 11.6 Å². The van der Waals surface area contributed by atoms with E-state index < -0.39 is 5.97 Å². The Morgan fingerprint density at radius 2 is 1.93 bits per heavy atom. The highest BCUT2D eigenvalue weighted by Gasteiger charge is 2.61. The number of hydrogen-bond acceptors (Lipinski definition) is 3. The van der Waals surface area contributed by atoms with E-state index >= 15 is 0 Å². The molecule has 4 heteroatoms. The van der Waals surface area contributed by atoms with Crippen LogP contribution < -0.4 is 0 Å². The summed E-state index contributed by atoms with van der Waals surface area (Å²) in [5.74, 6) is 1.57. The van der Waals surface area contributed by atoms with Gasteiger partial charge in [0.15, 0.2) is 0 Å². The number of allylic oxidation sites excluding steroid dienone is 2. The number of carboxylic acids is 1. The average molecular weight is 375 g/mol. The van der Waals surface area contributed by atoms with E-state index in [1.807, 2.05) is 0 Å². The van der Waals surface area contributed by atoms with E-state index in [1.165, 1.54) is 5.57 Å². The van der Waals surface area contributed by atoms with Gasteiger partial charge in [-0.15, -0.1) is 0 Å². The van der Waals surface area contributed by atoms with Crippen LogP contribution in [0.3, 0.4) is 0 Å². The molecule has 0 amide bonds. The van der Waals surface area contributed by atoms with Crippen molar-refractivity contribution in [2.75, 3.05) is 0 Å². The lowest BCUT2D eigenvalue weighted by Gasteiger charge is -2.61. The predicted molar refractivity (Wildman–Crippen MR) is 103 cm³/mol. The monoisotopic (exact) mass is 374 g/mol. The molecule has 7 atom stereocenters. The zero-order valence-corrected chi connectivity index (χ0v) is 16.7. The summed E-state index contributed by atoms with van der Waals surface area (Å²) in [6.45, 7) is 4.58. The molecule has 4 aliphatic carbocycles. The summed E-state index contributed by atoms with van der Waals surface area (Å²) < 4.78 is 0. The van der Waals surface area contributed by atoms with Crippen molar-refractivity contribution < 1.29 is 19.8 Å². The Morgan fingerprint density at radius 1 is 1.15 bits per heavy atom. The lowest BCUT2D eigenvalue weighted by molar-refractivity contribution is -0.155. The van der Waals surface area contributed by atoms with Crippen LogP contribution in [-0.4, -0.2) is 28.1 Å². The lowest BCUT2D eigenvalue weighted by atomic mass is 9.44. The summed E-state index contributed by atoms with van der Waals surface area (Å²) >= 11 is 0. The highest BCUT2D eigenvalue weighted by Crippen LogP contribution is 2.65. The number of carboxylic acid groups (broad SMARTS) is 1. The van der Waals surface area contributed by atoms with Gasteiger partial charge in [-0.2, -0.15) is 0 Å². The smallest absolute Gasteiger partial charge is 0.303 e. The molecule has 2 N–H and O–H groups in total. The van der Waals surface area contributed by atoms with Crippen molar-refractivity contribution in [2.24, 2.45) is 34.5 Å². The largest absolute Gasteiger partial charge is 0.481 e. The van der Waals surface area contributed by atoms with Crippen molar-refractivity contribution in [3.63, 3.8) is 0 Å². The van der Waals surface area contributed by atoms with Gasteiger partial charge in [-0.25, -0.2) is 0 Å². The van der Waals surface area contributed by atoms with Gasteiger partial charge in [0, 0.05) is 18.3 Å². The number of carbonyl (C=O) groups is 2. The van der Waals surface area contributed by atoms with Gasteiger partial charge in [-0.3, -0.25) is 9.59 Å². The van der Waals surface area contributed by atoms with E-state index in [1.54, 1.807) is 0 Å². The number of aliphatic hydroxyl groups excluding tert-OH is 1. The summed E-state index contributed by atoms with van der Waals surface area (Å²) in [5, 5.41) is 20.0. The fourth-order valence-corrected chi connectivity index (χ4v) is 7.50. The van der Waals surface area contributed by atoms with Crippen molar-refractivity contribution in [2.45, 2.75) is 84.2 Å². The maximum Gasteiger partial charge on any atom is 0.303 e. The van der Waals surface area contributed by atoms with Gasteiger partial charge >= 0.3 is 5.97 Å². The molecule has 0 heterocycles. The van der Waals surface area contributed by atoms with Crippen molar-refractivity contribution in [1.82, 2.24) is 0 Å². The first-order valence-electron chi connectivity index (χ1n) is 10.9. The fourth-order valence-electron chi connectivity index (χ4n) is 7.50. The summed E-state index contributed by atoms with van der Waals surface area (Å²) in [6.07, 6.45) is 10.4. The Morgan fingerprint density at radius 3 is 2.67 bits per heavy atom. The number of aliphatic hydroxyl groups is 1. The zero-order chi connectivity index (χ0) is 19.4. The van der Waals surface area contributed by atoms with Crippen molar-refractivity contribution >= 4 is 11.8 Å². The molecule has 0 aromatic carbocycles. The molecule has 4 fully saturated rings. The van der Waals surface area contributed by atoms with Crippen molar-refractivity contribution in [3.8, 4) is 0 Å². The maximum atomic E-state index is 12.5. The van der Waals surface area contributed by atoms with Crippen LogP contribution in [0.1, 0.15) is 78.1 Å². The van der Waals surface area contributed by atoms with Crippen molar-refractivity contribution in [1.29, 1.82) is 0 Å². The SMILES string of the molecule is C[C@]12CC/C(=C\CCC(=O)O)CC1[C@H](O)CC1C2CC[C@]2(C)C(=O)CCC12. The molecule has 0 aliphatic heterocycles.